The Morgan fingerprint density at radius 3 is 2.54 bits per heavy atom. The average Bonchev–Trinajstić information content (AvgIpc) is 2.74. The van der Waals surface area contributed by atoms with E-state index in [0.717, 1.165) is 22.2 Å². The van der Waals surface area contributed by atoms with Crippen molar-refractivity contribution in [2.24, 2.45) is 0 Å². The van der Waals surface area contributed by atoms with E-state index >= 15 is 0 Å². The molecule has 4 rings (SSSR count). The molecule has 1 aliphatic rings. The maximum Gasteiger partial charge on any atom is 0.119 e. The van der Waals surface area contributed by atoms with Crippen molar-refractivity contribution in [1.82, 2.24) is 9.88 Å². The third-order valence-electron chi connectivity index (χ3n) is 5.56. The summed E-state index contributed by atoms with van der Waals surface area (Å²) in [5, 5.41) is 22.7. The van der Waals surface area contributed by atoms with Gasteiger partial charge in [0.25, 0.3) is 0 Å². The highest BCUT2D eigenvalue weighted by Crippen LogP contribution is 2.34. The SMILES string of the molecule is OC(CCOc1ccccc1)N1CCC(O)(c2cnc3ccccc3c2)CC1. The van der Waals surface area contributed by atoms with Gasteiger partial charge in [0.15, 0.2) is 0 Å². The third-order valence-corrected chi connectivity index (χ3v) is 5.56. The molecule has 0 bridgehead atoms. The summed E-state index contributed by atoms with van der Waals surface area (Å²) in [6.07, 6.45) is 2.89. The lowest BCUT2D eigenvalue weighted by Gasteiger charge is -2.40. The zero-order valence-corrected chi connectivity index (χ0v) is 15.9. The summed E-state index contributed by atoms with van der Waals surface area (Å²) in [6, 6.07) is 19.6. The van der Waals surface area contributed by atoms with E-state index in [1.165, 1.54) is 0 Å². The molecule has 28 heavy (non-hydrogen) atoms. The number of para-hydroxylation sites is 2. The van der Waals surface area contributed by atoms with Gasteiger partial charge >= 0.3 is 0 Å². The van der Waals surface area contributed by atoms with E-state index in [2.05, 4.69) is 4.98 Å². The highest BCUT2D eigenvalue weighted by Gasteiger charge is 2.36. The van der Waals surface area contributed by atoms with Gasteiger partial charge in [0.1, 0.15) is 12.0 Å². The van der Waals surface area contributed by atoms with E-state index in [0.29, 0.717) is 39.0 Å². The molecule has 5 heteroatoms. The third kappa shape index (κ3) is 4.17. The minimum Gasteiger partial charge on any atom is -0.493 e. The van der Waals surface area contributed by atoms with Gasteiger partial charge in [-0.25, -0.2) is 0 Å². The number of nitrogens with zero attached hydrogens (tertiary/aromatic N) is 2. The van der Waals surface area contributed by atoms with Crippen LogP contribution in [0.15, 0.2) is 66.9 Å². The lowest BCUT2D eigenvalue weighted by Crippen LogP contribution is -2.47. The standard InChI is InChI=1S/C23H26N2O3/c26-22(10-15-28-20-7-2-1-3-8-20)25-13-11-23(27,12-14-25)19-16-18-6-4-5-9-21(18)24-17-19/h1-9,16-17,22,26-27H,10-15H2. The second-order valence-electron chi connectivity index (χ2n) is 7.42. The first-order valence-corrected chi connectivity index (χ1v) is 9.82. The number of pyridine rings is 1. The normalized spacial score (nSPS) is 18.1. The zero-order valence-electron chi connectivity index (χ0n) is 15.9. The van der Waals surface area contributed by atoms with Crippen LogP contribution in [0, 0.1) is 0 Å². The summed E-state index contributed by atoms with van der Waals surface area (Å²) in [5.74, 6) is 0.812. The fourth-order valence-electron chi connectivity index (χ4n) is 3.79. The van der Waals surface area contributed by atoms with E-state index in [9.17, 15) is 10.2 Å². The van der Waals surface area contributed by atoms with Crippen LogP contribution in [-0.2, 0) is 5.60 Å². The van der Waals surface area contributed by atoms with Gasteiger partial charge in [-0.2, -0.15) is 0 Å². The molecule has 0 aliphatic carbocycles. The van der Waals surface area contributed by atoms with Gasteiger partial charge in [-0.3, -0.25) is 9.88 Å². The number of aliphatic hydroxyl groups excluding tert-OH is 1. The largest absolute Gasteiger partial charge is 0.493 e. The number of ether oxygens (including phenoxy) is 1. The molecule has 2 aromatic carbocycles. The van der Waals surface area contributed by atoms with E-state index in [1.807, 2.05) is 65.6 Å². The van der Waals surface area contributed by atoms with Crippen LogP contribution in [0.25, 0.3) is 10.9 Å². The van der Waals surface area contributed by atoms with Gasteiger partial charge in [0.2, 0.25) is 0 Å². The summed E-state index contributed by atoms with van der Waals surface area (Å²) in [6.45, 7) is 1.73. The minimum atomic E-state index is -0.895. The molecule has 1 fully saturated rings. The second kappa shape index (κ2) is 8.27. The predicted octanol–water partition coefficient (Wildman–Crippen LogP) is 3.31. The highest BCUT2D eigenvalue weighted by molar-refractivity contribution is 5.78. The topological polar surface area (TPSA) is 65.8 Å². The summed E-state index contributed by atoms with van der Waals surface area (Å²) in [5.41, 5.74) is 0.891. The molecule has 0 spiro atoms. The Morgan fingerprint density at radius 1 is 1.04 bits per heavy atom. The van der Waals surface area contributed by atoms with E-state index in [1.54, 1.807) is 6.20 Å². The van der Waals surface area contributed by atoms with Crippen LogP contribution in [0.1, 0.15) is 24.8 Å². The molecular formula is C23H26N2O3. The van der Waals surface area contributed by atoms with E-state index in [4.69, 9.17) is 4.74 Å². The molecule has 0 amide bonds. The summed E-state index contributed by atoms with van der Waals surface area (Å²) in [7, 11) is 0. The van der Waals surface area contributed by atoms with Crippen LogP contribution in [0.4, 0.5) is 0 Å². The minimum absolute atomic E-state index is 0.459. The Kier molecular flexibility index (Phi) is 5.57. The van der Waals surface area contributed by atoms with Crippen LogP contribution in [0.3, 0.4) is 0 Å². The Labute approximate surface area is 165 Å². The first-order valence-electron chi connectivity index (χ1n) is 9.82. The molecule has 5 nitrogen and oxygen atoms in total. The molecule has 1 aromatic heterocycles. The molecule has 0 radical (unpaired) electrons. The average molecular weight is 378 g/mol. The molecule has 1 unspecified atom stereocenters. The number of aliphatic hydroxyl groups is 2. The van der Waals surface area contributed by atoms with Crippen molar-refractivity contribution in [3.8, 4) is 5.75 Å². The number of benzene rings is 2. The number of rotatable bonds is 6. The van der Waals surface area contributed by atoms with Gasteiger partial charge in [-0.05, 0) is 37.1 Å². The Bertz CT molecular complexity index is 908. The highest BCUT2D eigenvalue weighted by atomic mass is 16.5. The summed E-state index contributed by atoms with van der Waals surface area (Å²) >= 11 is 0. The maximum atomic E-state index is 11.2. The van der Waals surface area contributed by atoms with Crippen molar-refractivity contribution < 1.29 is 14.9 Å². The van der Waals surface area contributed by atoms with Crippen LogP contribution < -0.4 is 4.74 Å². The van der Waals surface area contributed by atoms with Gasteiger partial charge in [0.05, 0.1) is 17.7 Å². The molecule has 2 N–H and O–H groups in total. The number of aromatic nitrogens is 1. The number of hydrogen-bond acceptors (Lipinski definition) is 5. The quantitative estimate of drug-likeness (QED) is 0.689. The second-order valence-corrected chi connectivity index (χ2v) is 7.42. The Balaban J connectivity index is 1.32. The lowest BCUT2D eigenvalue weighted by molar-refractivity contribution is -0.0819. The number of hydrogen-bond donors (Lipinski definition) is 2. The van der Waals surface area contributed by atoms with Gasteiger partial charge in [-0.1, -0.05) is 36.4 Å². The lowest BCUT2D eigenvalue weighted by atomic mass is 9.84. The van der Waals surface area contributed by atoms with E-state index in [-0.39, 0.29) is 0 Å². The number of piperidine rings is 1. The summed E-state index contributed by atoms with van der Waals surface area (Å²) in [4.78, 5) is 6.50. The van der Waals surface area contributed by atoms with Crippen molar-refractivity contribution >= 4 is 10.9 Å². The predicted molar refractivity (Wildman–Crippen MR) is 109 cm³/mol. The van der Waals surface area contributed by atoms with Crippen molar-refractivity contribution in [2.75, 3.05) is 19.7 Å². The van der Waals surface area contributed by atoms with Crippen LogP contribution in [-0.4, -0.2) is 46.0 Å². The van der Waals surface area contributed by atoms with Crippen LogP contribution >= 0.6 is 0 Å². The molecule has 2 heterocycles. The Hall–Kier alpha value is -2.47. The number of fused-ring (bicyclic) bond motifs is 1. The van der Waals surface area contributed by atoms with Gasteiger partial charge < -0.3 is 14.9 Å². The van der Waals surface area contributed by atoms with Crippen molar-refractivity contribution in [3.05, 3.63) is 72.4 Å². The monoisotopic (exact) mass is 378 g/mol. The van der Waals surface area contributed by atoms with Crippen LogP contribution in [0.2, 0.25) is 0 Å². The maximum absolute atomic E-state index is 11.2. The van der Waals surface area contributed by atoms with Crippen molar-refractivity contribution in [2.45, 2.75) is 31.1 Å². The molecule has 1 atom stereocenters. The molecule has 1 saturated heterocycles. The molecule has 1 aliphatic heterocycles. The van der Waals surface area contributed by atoms with E-state index < -0.39 is 11.8 Å². The van der Waals surface area contributed by atoms with Crippen LogP contribution in [0.5, 0.6) is 5.75 Å². The van der Waals surface area contributed by atoms with Gasteiger partial charge in [-0.15, -0.1) is 0 Å². The smallest absolute Gasteiger partial charge is 0.119 e. The fraction of sp³-hybridized carbons (Fsp3) is 0.348. The first-order chi connectivity index (χ1) is 13.6. The Morgan fingerprint density at radius 2 is 1.75 bits per heavy atom. The van der Waals surface area contributed by atoms with Crippen molar-refractivity contribution in [1.29, 1.82) is 0 Å². The van der Waals surface area contributed by atoms with Gasteiger partial charge in [0, 0.05) is 36.7 Å². The number of likely N-dealkylation sites (tertiary alicyclic amines) is 1. The first kappa shape index (κ1) is 18.9. The molecule has 0 saturated carbocycles. The molecule has 146 valence electrons. The molecule has 3 aromatic rings. The zero-order chi connectivity index (χ0) is 19.4. The summed E-state index contributed by atoms with van der Waals surface area (Å²) < 4.78 is 5.67. The van der Waals surface area contributed by atoms with Crippen molar-refractivity contribution in [3.63, 3.8) is 0 Å². The molecular weight excluding hydrogens is 352 g/mol. The fourth-order valence-corrected chi connectivity index (χ4v) is 3.79.